The number of hydrogen-bond donors (Lipinski definition) is 0. The Balaban J connectivity index is 1.46. The summed E-state index contributed by atoms with van der Waals surface area (Å²) in [5, 5.41) is 0. The molecule has 32 heavy (non-hydrogen) atoms. The summed E-state index contributed by atoms with van der Waals surface area (Å²) in [4.78, 5) is 18.1. The number of carbonyl (C=O) groups is 1. The number of ether oxygens (including phenoxy) is 2. The van der Waals surface area contributed by atoms with Gasteiger partial charge in [-0.3, -0.25) is 4.79 Å². The van der Waals surface area contributed by atoms with Gasteiger partial charge in [0.2, 0.25) is 0 Å². The molecule has 3 aromatic rings. The first-order valence-corrected chi connectivity index (χ1v) is 11.2. The lowest BCUT2D eigenvalue weighted by Crippen LogP contribution is -2.42. The molecule has 1 saturated heterocycles. The molecule has 0 spiro atoms. The van der Waals surface area contributed by atoms with Crippen LogP contribution in [-0.2, 0) is 11.3 Å². The number of amides is 1. The van der Waals surface area contributed by atoms with Crippen molar-refractivity contribution >= 4 is 11.6 Å². The SMILES string of the molecule is COc1ccc(C2c3cccn3CCN2C(=O)c2ccc(N3CCOCC3)c(C)c2)cc1. The number of carbonyl (C=O) groups excluding carboxylic acids is 1. The number of benzene rings is 2. The normalized spacial score (nSPS) is 18.4. The van der Waals surface area contributed by atoms with Gasteiger partial charge >= 0.3 is 0 Å². The van der Waals surface area contributed by atoms with Crippen molar-refractivity contribution in [1.29, 1.82) is 0 Å². The average molecular weight is 432 g/mol. The minimum Gasteiger partial charge on any atom is -0.497 e. The van der Waals surface area contributed by atoms with Crippen LogP contribution in [0.25, 0.3) is 0 Å². The predicted octanol–water partition coefficient (Wildman–Crippen LogP) is 3.89. The van der Waals surface area contributed by atoms with Crippen molar-refractivity contribution in [3.05, 3.63) is 83.2 Å². The Morgan fingerprint density at radius 3 is 2.50 bits per heavy atom. The molecular weight excluding hydrogens is 402 g/mol. The van der Waals surface area contributed by atoms with Crippen LogP contribution in [0.5, 0.6) is 5.75 Å². The van der Waals surface area contributed by atoms with E-state index in [0.717, 1.165) is 61.0 Å². The van der Waals surface area contributed by atoms with E-state index in [1.54, 1.807) is 7.11 Å². The highest BCUT2D eigenvalue weighted by Gasteiger charge is 2.33. The number of aromatic nitrogens is 1. The fourth-order valence-corrected chi connectivity index (χ4v) is 4.85. The number of morpholine rings is 1. The van der Waals surface area contributed by atoms with E-state index in [4.69, 9.17) is 9.47 Å². The monoisotopic (exact) mass is 431 g/mol. The van der Waals surface area contributed by atoms with Crippen LogP contribution in [0.3, 0.4) is 0 Å². The molecule has 6 nitrogen and oxygen atoms in total. The average Bonchev–Trinajstić information content (AvgIpc) is 3.32. The first-order valence-electron chi connectivity index (χ1n) is 11.2. The van der Waals surface area contributed by atoms with E-state index < -0.39 is 0 Å². The van der Waals surface area contributed by atoms with E-state index in [-0.39, 0.29) is 11.9 Å². The van der Waals surface area contributed by atoms with Gasteiger partial charge in [-0.25, -0.2) is 0 Å². The Hall–Kier alpha value is -3.25. The van der Waals surface area contributed by atoms with Crippen molar-refractivity contribution in [2.24, 2.45) is 0 Å². The number of aryl methyl sites for hydroxylation is 1. The van der Waals surface area contributed by atoms with Gasteiger partial charge in [-0.1, -0.05) is 12.1 Å². The quantitative estimate of drug-likeness (QED) is 0.629. The zero-order chi connectivity index (χ0) is 22.1. The van der Waals surface area contributed by atoms with Crippen molar-refractivity contribution in [1.82, 2.24) is 9.47 Å². The van der Waals surface area contributed by atoms with E-state index in [2.05, 4.69) is 52.9 Å². The largest absolute Gasteiger partial charge is 0.497 e. The molecule has 1 atom stereocenters. The predicted molar refractivity (Wildman–Crippen MR) is 125 cm³/mol. The molecule has 166 valence electrons. The standard InChI is InChI=1S/C26H29N3O3/c1-19-18-21(7-10-23(19)28-14-16-32-17-15-28)26(30)29-13-12-27-11-3-4-24(27)25(29)20-5-8-22(31-2)9-6-20/h3-11,18,25H,12-17H2,1-2H3. The summed E-state index contributed by atoms with van der Waals surface area (Å²) in [6, 6.07) is 18.2. The maximum atomic E-state index is 13.7. The van der Waals surface area contributed by atoms with E-state index in [9.17, 15) is 4.79 Å². The lowest BCUT2D eigenvalue weighted by molar-refractivity contribution is 0.0664. The molecule has 1 fully saturated rings. The van der Waals surface area contributed by atoms with E-state index in [1.165, 1.54) is 5.69 Å². The van der Waals surface area contributed by atoms with Crippen LogP contribution in [0.15, 0.2) is 60.8 Å². The van der Waals surface area contributed by atoms with Crippen LogP contribution in [0.2, 0.25) is 0 Å². The highest BCUT2D eigenvalue weighted by molar-refractivity contribution is 5.95. The maximum Gasteiger partial charge on any atom is 0.254 e. The van der Waals surface area contributed by atoms with Crippen LogP contribution in [-0.4, -0.2) is 55.3 Å². The number of anilines is 1. The Morgan fingerprint density at radius 1 is 1.00 bits per heavy atom. The zero-order valence-electron chi connectivity index (χ0n) is 18.7. The molecule has 2 aromatic carbocycles. The van der Waals surface area contributed by atoms with Crippen LogP contribution >= 0.6 is 0 Å². The lowest BCUT2D eigenvalue weighted by atomic mass is 9.98. The van der Waals surface area contributed by atoms with Gasteiger partial charge in [0.15, 0.2) is 0 Å². The molecule has 0 aliphatic carbocycles. The van der Waals surface area contributed by atoms with Gasteiger partial charge < -0.3 is 23.8 Å². The minimum atomic E-state index is -0.128. The summed E-state index contributed by atoms with van der Waals surface area (Å²) in [7, 11) is 1.67. The van der Waals surface area contributed by atoms with Gasteiger partial charge in [0.25, 0.3) is 5.91 Å². The van der Waals surface area contributed by atoms with Crippen LogP contribution < -0.4 is 9.64 Å². The molecule has 1 aromatic heterocycles. The van der Waals surface area contributed by atoms with Crippen molar-refractivity contribution in [3.8, 4) is 5.75 Å². The second-order valence-corrected chi connectivity index (χ2v) is 8.40. The highest BCUT2D eigenvalue weighted by atomic mass is 16.5. The fourth-order valence-electron chi connectivity index (χ4n) is 4.85. The Bertz CT molecular complexity index is 1100. The molecule has 0 bridgehead atoms. The molecule has 0 N–H and O–H groups in total. The number of nitrogens with zero attached hydrogens (tertiary/aromatic N) is 3. The van der Waals surface area contributed by atoms with Crippen molar-refractivity contribution in [2.75, 3.05) is 44.9 Å². The highest BCUT2D eigenvalue weighted by Crippen LogP contribution is 2.35. The summed E-state index contributed by atoms with van der Waals surface area (Å²) in [6.07, 6.45) is 2.09. The summed E-state index contributed by atoms with van der Waals surface area (Å²) in [5.41, 5.74) is 5.26. The molecule has 2 aliphatic heterocycles. The molecule has 3 heterocycles. The third kappa shape index (κ3) is 3.75. The summed E-state index contributed by atoms with van der Waals surface area (Å²) < 4.78 is 13.1. The lowest BCUT2D eigenvalue weighted by Gasteiger charge is -2.37. The molecular formula is C26H29N3O3. The van der Waals surface area contributed by atoms with E-state index in [0.29, 0.717) is 6.54 Å². The number of rotatable bonds is 4. The molecule has 1 unspecified atom stereocenters. The van der Waals surface area contributed by atoms with E-state index >= 15 is 0 Å². The van der Waals surface area contributed by atoms with Gasteiger partial charge in [-0.2, -0.15) is 0 Å². The van der Waals surface area contributed by atoms with Crippen LogP contribution in [0.4, 0.5) is 5.69 Å². The first kappa shape index (κ1) is 20.6. The van der Waals surface area contributed by atoms with E-state index in [1.807, 2.05) is 29.2 Å². The third-order valence-corrected chi connectivity index (χ3v) is 6.53. The Morgan fingerprint density at radius 2 is 1.78 bits per heavy atom. The third-order valence-electron chi connectivity index (χ3n) is 6.53. The first-order chi connectivity index (χ1) is 15.7. The maximum absolute atomic E-state index is 13.7. The van der Waals surface area contributed by atoms with Crippen LogP contribution in [0.1, 0.15) is 33.2 Å². The molecule has 2 aliphatic rings. The smallest absolute Gasteiger partial charge is 0.254 e. The number of hydrogen-bond acceptors (Lipinski definition) is 4. The summed E-state index contributed by atoms with van der Waals surface area (Å²) in [6.45, 7) is 6.82. The van der Waals surface area contributed by atoms with Crippen molar-refractivity contribution < 1.29 is 14.3 Å². The van der Waals surface area contributed by atoms with Gasteiger partial charge in [-0.15, -0.1) is 0 Å². The second-order valence-electron chi connectivity index (χ2n) is 8.40. The number of methoxy groups -OCH3 is 1. The van der Waals surface area contributed by atoms with Crippen molar-refractivity contribution in [2.45, 2.75) is 19.5 Å². The molecule has 0 radical (unpaired) electrons. The fraction of sp³-hybridized carbons (Fsp3) is 0.346. The van der Waals surface area contributed by atoms with Crippen LogP contribution in [0, 0.1) is 6.92 Å². The second kappa shape index (κ2) is 8.71. The molecule has 6 heteroatoms. The van der Waals surface area contributed by atoms with Gasteiger partial charge in [0.1, 0.15) is 5.75 Å². The Kier molecular flexibility index (Phi) is 5.62. The topological polar surface area (TPSA) is 46.9 Å². The summed E-state index contributed by atoms with van der Waals surface area (Å²) in [5.74, 6) is 0.877. The van der Waals surface area contributed by atoms with Gasteiger partial charge in [0, 0.05) is 49.3 Å². The molecule has 1 amide bonds. The van der Waals surface area contributed by atoms with Crippen molar-refractivity contribution in [3.63, 3.8) is 0 Å². The minimum absolute atomic E-state index is 0.0647. The number of fused-ring (bicyclic) bond motifs is 1. The Labute approximate surface area is 189 Å². The molecule has 5 rings (SSSR count). The molecule has 0 saturated carbocycles. The zero-order valence-corrected chi connectivity index (χ0v) is 18.7. The van der Waals surface area contributed by atoms with Gasteiger partial charge in [0.05, 0.1) is 26.4 Å². The van der Waals surface area contributed by atoms with Gasteiger partial charge in [-0.05, 0) is 60.5 Å². The summed E-state index contributed by atoms with van der Waals surface area (Å²) >= 11 is 0.